The van der Waals surface area contributed by atoms with Gasteiger partial charge in [-0.05, 0) is 48.1 Å². The Morgan fingerprint density at radius 1 is 0.850 bits per heavy atom. The lowest BCUT2D eigenvalue weighted by Crippen LogP contribution is -2.42. The fourth-order valence-electron chi connectivity index (χ4n) is 5.43. The van der Waals surface area contributed by atoms with Gasteiger partial charge in [0.05, 0.1) is 12.1 Å². The number of hydrogen-bond acceptors (Lipinski definition) is 4. The van der Waals surface area contributed by atoms with Gasteiger partial charge < -0.3 is 14.5 Å². The summed E-state index contributed by atoms with van der Waals surface area (Å²) in [7, 11) is 0. The van der Waals surface area contributed by atoms with Crippen LogP contribution >= 0.6 is 0 Å². The van der Waals surface area contributed by atoms with Crippen LogP contribution in [0.5, 0.6) is 0 Å². The lowest BCUT2D eigenvalue weighted by Gasteiger charge is -2.36. The highest BCUT2D eigenvalue weighted by atomic mass is 16.5. The zero-order valence-electron chi connectivity index (χ0n) is 22.9. The molecule has 5 aromatic rings. The van der Waals surface area contributed by atoms with Crippen LogP contribution in [0.15, 0.2) is 118 Å². The van der Waals surface area contributed by atoms with Crippen molar-refractivity contribution in [2.24, 2.45) is 0 Å². The van der Waals surface area contributed by atoms with Crippen molar-refractivity contribution in [3.05, 3.63) is 142 Å². The second-order valence-corrected chi connectivity index (χ2v) is 10.0. The van der Waals surface area contributed by atoms with Crippen LogP contribution in [0.25, 0.3) is 11.1 Å². The third-order valence-electron chi connectivity index (χ3n) is 7.22. The summed E-state index contributed by atoms with van der Waals surface area (Å²) in [5, 5.41) is 2.89. The van der Waals surface area contributed by atoms with E-state index in [-0.39, 0.29) is 6.04 Å². The third kappa shape index (κ3) is 5.17. The van der Waals surface area contributed by atoms with E-state index in [9.17, 15) is 9.59 Å². The van der Waals surface area contributed by atoms with Gasteiger partial charge in [-0.15, -0.1) is 0 Å². The first kappa shape index (κ1) is 27.0. The summed E-state index contributed by atoms with van der Waals surface area (Å²) in [5.74, 6) is -0.460. The van der Waals surface area contributed by atoms with E-state index in [1.807, 2.05) is 123 Å². The number of hydrogen-bond donors (Lipinski definition) is 1. The Kier molecular flexibility index (Phi) is 8.15. The fourth-order valence-corrected chi connectivity index (χ4v) is 5.43. The molecule has 1 atom stereocenters. The first-order valence-corrected chi connectivity index (χ1v) is 13.8. The molecule has 40 heavy (non-hydrogen) atoms. The molecule has 6 heteroatoms. The molecule has 1 heterocycles. The van der Waals surface area contributed by atoms with Crippen LogP contribution in [0.2, 0.25) is 0 Å². The number of rotatable bonds is 10. The summed E-state index contributed by atoms with van der Waals surface area (Å²) in [5.41, 5.74) is 3.84. The number of benzene rings is 4. The van der Waals surface area contributed by atoms with E-state index in [0.29, 0.717) is 24.1 Å². The molecule has 0 radical (unpaired) electrons. The number of nitrogens with zero attached hydrogens (tertiary/aromatic N) is 1. The summed E-state index contributed by atoms with van der Waals surface area (Å²) >= 11 is 0. The van der Waals surface area contributed by atoms with E-state index in [2.05, 4.69) is 5.32 Å². The van der Waals surface area contributed by atoms with Crippen molar-refractivity contribution in [2.75, 3.05) is 6.61 Å². The number of para-hydroxylation sites is 1. The van der Waals surface area contributed by atoms with Gasteiger partial charge in [-0.1, -0.05) is 116 Å². The molecule has 6 nitrogen and oxygen atoms in total. The van der Waals surface area contributed by atoms with E-state index >= 15 is 0 Å². The maximum atomic E-state index is 14.0. The molecule has 0 unspecified atom stereocenters. The number of unbranched alkanes of at least 4 members (excludes halogenated alkanes) is 1. The van der Waals surface area contributed by atoms with Crippen molar-refractivity contribution in [3.8, 4) is 0 Å². The summed E-state index contributed by atoms with van der Waals surface area (Å²) in [6, 6.07) is 35.7. The van der Waals surface area contributed by atoms with Crippen molar-refractivity contribution in [1.29, 1.82) is 0 Å². The van der Waals surface area contributed by atoms with Crippen LogP contribution in [-0.2, 0) is 16.7 Å². The Balaban J connectivity index is 1.67. The van der Waals surface area contributed by atoms with Gasteiger partial charge in [0.1, 0.15) is 5.54 Å². The summed E-state index contributed by atoms with van der Waals surface area (Å²) in [6.45, 7) is 4.35. The Morgan fingerprint density at radius 3 is 1.93 bits per heavy atom. The van der Waals surface area contributed by atoms with E-state index in [0.717, 1.165) is 35.1 Å². The summed E-state index contributed by atoms with van der Waals surface area (Å²) < 4.78 is 13.1. The van der Waals surface area contributed by atoms with Crippen LogP contribution in [0.4, 0.5) is 4.79 Å². The highest BCUT2D eigenvalue weighted by molar-refractivity contribution is 5.78. The monoisotopic (exact) mass is 534 g/mol. The highest BCUT2D eigenvalue weighted by Crippen LogP contribution is 2.42. The molecule has 4 aromatic carbocycles. The number of oxazole rings is 1. The van der Waals surface area contributed by atoms with Crippen molar-refractivity contribution >= 4 is 17.2 Å². The quantitative estimate of drug-likeness (QED) is 0.156. The number of ether oxygens (including phenoxy) is 1. The second-order valence-electron chi connectivity index (χ2n) is 10.0. The van der Waals surface area contributed by atoms with Crippen LogP contribution in [0.3, 0.4) is 0 Å². The molecule has 0 spiro atoms. The average Bonchev–Trinajstić information content (AvgIpc) is 3.32. The minimum absolute atomic E-state index is 0.226. The fraction of sp³-hybridized carbons (Fsp3) is 0.235. The van der Waals surface area contributed by atoms with Crippen molar-refractivity contribution < 1.29 is 13.9 Å². The van der Waals surface area contributed by atoms with Crippen molar-refractivity contribution in [1.82, 2.24) is 9.88 Å². The second kappa shape index (κ2) is 12.1. The third-order valence-corrected chi connectivity index (χ3v) is 7.22. The Morgan fingerprint density at radius 2 is 1.40 bits per heavy atom. The topological polar surface area (TPSA) is 73.5 Å². The smallest absolute Gasteiger partial charge is 0.421 e. The van der Waals surface area contributed by atoms with Gasteiger partial charge in [0.2, 0.25) is 0 Å². The number of nitrogens with one attached hydrogen (secondary N) is 1. The van der Waals surface area contributed by atoms with E-state index in [1.54, 1.807) is 4.57 Å². The van der Waals surface area contributed by atoms with Gasteiger partial charge >= 0.3 is 11.8 Å². The first-order chi connectivity index (χ1) is 19.6. The lowest BCUT2D eigenvalue weighted by molar-refractivity contribution is 0.141. The van der Waals surface area contributed by atoms with E-state index in [1.165, 1.54) is 0 Å². The largest absolute Gasteiger partial charge is 0.450 e. The molecule has 0 fully saturated rings. The molecule has 1 amide bonds. The van der Waals surface area contributed by atoms with Gasteiger partial charge in [-0.3, -0.25) is 4.57 Å². The maximum absolute atomic E-state index is 14.0. The minimum atomic E-state index is -0.988. The predicted octanol–water partition coefficient (Wildman–Crippen LogP) is 6.89. The van der Waals surface area contributed by atoms with Gasteiger partial charge in [-0.25, -0.2) is 9.59 Å². The number of fused-ring (bicyclic) bond motifs is 1. The summed E-state index contributed by atoms with van der Waals surface area (Å²) in [4.78, 5) is 26.2. The molecule has 0 bridgehead atoms. The Bertz CT molecular complexity index is 1510. The molecule has 5 rings (SSSR count). The van der Waals surface area contributed by atoms with E-state index in [4.69, 9.17) is 9.15 Å². The van der Waals surface area contributed by atoms with Crippen molar-refractivity contribution in [2.45, 2.75) is 44.7 Å². The number of alkyl carbamates (subject to hydrolysis) is 1. The molecule has 0 aliphatic rings. The van der Waals surface area contributed by atoms with Gasteiger partial charge in [0.25, 0.3) is 0 Å². The first-order valence-electron chi connectivity index (χ1n) is 13.8. The molecule has 1 aromatic heterocycles. The standard InChI is InChI=1S/C34H34N2O4/c1-3-4-23-39-32(37)35-25(2)24-26-15-14-22-30-31(26)40-33(38)36(30)34(27-16-8-5-9-17-27,28-18-10-6-11-19-28)29-20-12-7-13-21-29/h5-22,25H,3-4,23-24H2,1-2H3,(H,35,37)/t25-/m1/s1. The van der Waals surface area contributed by atoms with Crippen LogP contribution in [-0.4, -0.2) is 23.3 Å². The Hall–Kier alpha value is -4.58. The van der Waals surface area contributed by atoms with Crippen LogP contribution in [0, 0.1) is 0 Å². The number of carbonyl (C=O) groups excluding carboxylic acids is 1. The van der Waals surface area contributed by atoms with Crippen LogP contribution in [0.1, 0.15) is 48.9 Å². The zero-order valence-corrected chi connectivity index (χ0v) is 22.9. The summed E-state index contributed by atoms with van der Waals surface area (Å²) in [6.07, 6.45) is 1.81. The molecule has 0 saturated carbocycles. The number of carbonyl (C=O) groups is 1. The van der Waals surface area contributed by atoms with Crippen molar-refractivity contribution in [3.63, 3.8) is 0 Å². The van der Waals surface area contributed by atoms with Crippen LogP contribution < -0.4 is 11.1 Å². The molecular weight excluding hydrogens is 500 g/mol. The lowest BCUT2D eigenvalue weighted by atomic mass is 9.76. The zero-order chi connectivity index (χ0) is 28.0. The minimum Gasteiger partial charge on any atom is -0.450 e. The molecular formula is C34H34N2O4. The molecule has 0 aliphatic carbocycles. The molecule has 1 N–H and O–H groups in total. The number of aromatic nitrogens is 1. The maximum Gasteiger partial charge on any atom is 0.421 e. The number of amides is 1. The average molecular weight is 535 g/mol. The Labute approximate surface area is 234 Å². The predicted molar refractivity (Wildman–Crippen MR) is 158 cm³/mol. The molecule has 0 saturated heterocycles. The van der Waals surface area contributed by atoms with Gasteiger partial charge in [0.15, 0.2) is 5.58 Å². The van der Waals surface area contributed by atoms with Gasteiger partial charge in [0, 0.05) is 6.04 Å². The van der Waals surface area contributed by atoms with E-state index < -0.39 is 17.4 Å². The highest BCUT2D eigenvalue weighted by Gasteiger charge is 2.41. The molecule has 0 aliphatic heterocycles. The molecule has 204 valence electrons. The SMILES string of the molecule is CCCCOC(=O)N[C@H](C)Cc1cccc2c1oc(=O)n2C(c1ccccc1)(c1ccccc1)c1ccccc1. The van der Waals surface area contributed by atoms with Gasteiger partial charge in [-0.2, -0.15) is 0 Å². The normalized spacial score (nSPS) is 12.2.